The van der Waals surface area contributed by atoms with Crippen molar-refractivity contribution < 1.29 is 8.22 Å². The normalized spacial score (nSPS) is 32.2. The predicted octanol–water partition coefficient (Wildman–Crippen LogP) is 1.74. The van der Waals surface area contributed by atoms with Crippen LogP contribution in [0.1, 0.15) is 21.5 Å². The topological polar surface area (TPSA) is 26.0 Å². The number of rotatable bonds is 5. The summed E-state index contributed by atoms with van der Waals surface area (Å²) in [6.07, 6.45) is -0.646. The van der Waals surface area contributed by atoms with Crippen LogP contribution in [-0.2, 0) is 0 Å². The molecule has 2 N–H and O–H groups in total. The van der Waals surface area contributed by atoms with E-state index in [0.29, 0.717) is 10.8 Å². The Morgan fingerprint density at radius 3 is 2.88 bits per heavy atom. The molecule has 0 aliphatic heterocycles. The van der Waals surface area contributed by atoms with Crippen LogP contribution >= 0.6 is 21.6 Å². The summed E-state index contributed by atoms with van der Waals surface area (Å²) < 4.78 is 43.1. The SMILES string of the molecule is [2H]C(C)C([2H])SSC([2H])([2H])C([2H])([2H])N. The maximum absolute atomic E-state index is 7.34. The van der Waals surface area contributed by atoms with E-state index >= 15 is 0 Å². The van der Waals surface area contributed by atoms with Crippen LogP contribution in [0.15, 0.2) is 0 Å². The van der Waals surface area contributed by atoms with E-state index in [9.17, 15) is 0 Å². The fraction of sp³-hybridized carbons (Fsp3) is 1.00. The van der Waals surface area contributed by atoms with Gasteiger partial charge in [0.25, 0.3) is 0 Å². The van der Waals surface area contributed by atoms with Crippen LogP contribution in [0.2, 0.25) is 0 Å². The van der Waals surface area contributed by atoms with E-state index < -0.39 is 24.3 Å². The molecule has 0 aliphatic carbocycles. The first kappa shape index (κ1) is 2.72. The van der Waals surface area contributed by atoms with Crippen molar-refractivity contribution in [2.75, 3.05) is 17.9 Å². The maximum Gasteiger partial charge on any atom is 0.0434 e. The van der Waals surface area contributed by atoms with Crippen LogP contribution in [0.25, 0.3) is 0 Å². The Morgan fingerprint density at radius 1 is 1.62 bits per heavy atom. The Kier molecular flexibility index (Phi) is 2.61. The summed E-state index contributed by atoms with van der Waals surface area (Å²) in [4.78, 5) is 0. The Balaban J connectivity index is 4.13. The molecule has 2 atom stereocenters. The minimum atomic E-state index is -2.45. The molecule has 0 aromatic rings. The second-order valence-electron chi connectivity index (χ2n) is 0.895. The smallest absolute Gasteiger partial charge is 0.0434 e. The molecule has 2 unspecified atom stereocenters. The van der Waals surface area contributed by atoms with Gasteiger partial charge in [-0.25, -0.2) is 0 Å². The number of nitrogens with two attached hydrogens (primary N) is 1. The Bertz CT molecular complexity index is 182. The molecule has 1 nitrogen and oxygen atoms in total. The molecule has 0 aliphatic rings. The minimum absolute atomic E-state index is 0.565. The Labute approximate surface area is 67.6 Å². The zero-order valence-electron chi connectivity index (χ0n) is 10.5. The molecule has 50 valence electrons. The van der Waals surface area contributed by atoms with Crippen LogP contribution in [0.3, 0.4) is 0 Å². The van der Waals surface area contributed by atoms with Gasteiger partial charge < -0.3 is 5.73 Å². The third-order valence-electron chi connectivity index (χ3n) is 0.340. The van der Waals surface area contributed by atoms with E-state index in [4.69, 9.17) is 14.0 Å². The zero-order valence-corrected chi connectivity index (χ0v) is 6.18. The summed E-state index contributed by atoms with van der Waals surface area (Å²) in [6, 6.07) is 0. The van der Waals surface area contributed by atoms with E-state index in [0.717, 1.165) is 10.8 Å². The summed E-state index contributed by atoms with van der Waals surface area (Å²) in [5.41, 5.74) is 1.93. The second-order valence-corrected chi connectivity index (χ2v) is 2.81. The molecule has 0 fully saturated rings. The molecule has 0 radical (unpaired) electrons. The average Bonchev–Trinajstić information content (AvgIpc) is 1.97. The third-order valence-corrected chi connectivity index (χ3v) is 1.89. The van der Waals surface area contributed by atoms with Crippen LogP contribution in [0, 0.1) is 0 Å². The quantitative estimate of drug-likeness (QED) is 0.616. The van der Waals surface area contributed by atoms with Gasteiger partial charge in [-0.3, -0.25) is 0 Å². The molecule has 0 saturated heterocycles. The van der Waals surface area contributed by atoms with Gasteiger partial charge in [0, 0.05) is 26.2 Å². The molecule has 0 rings (SSSR count). The van der Waals surface area contributed by atoms with E-state index in [-0.39, 0.29) is 0 Å². The van der Waals surface area contributed by atoms with Crippen molar-refractivity contribution in [2.45, 2.75) is 13.3 Å². The first-order chi connectivity index (χ1) is 6.08. The lowest BCUT2D eigenvalue weighted by molar-refractivity contribution is 1.11. The van der Waals surface area contributed by atoms with Crippen molar-refractivity contribution in [1.29, 1.82) is 0 Å². The average molecular weight is 157 g/mol. The molecule has 3 heteroatoms. The van der Waals surface area contributed by atoms with Gasteiger partial charge in [-0.05, 0) is 6.40 Å². The van der Waals surface area contributed by atoms with E-state index in [2.05, 4.69) is 0 Å². The van der Waals surface area contributed by atoms with Gasteiger partial charge in [-0.2, -0.15) is 0 Å². The van der Waals surface area contributed by atoms with Gasteiger partial charge in [-0.15, -0.1) is 0 Å². The standard InChI is InChI=1S/C5H13NS2/c1-2-4-7-8-5-3-6/h2-6H2,1H3/i2D,3D2,4D,5D2. The van der Waals surface area contributed by atoms with Gasteiger partial charge in [0.15, 0.2) is 0 Å². The highest BCUT2D eigenvalue weighted by atomic mass is 33.1. The van der Waals surface area contributed by atoms with E-state index in [1.54, 1.807) is 0 Å². The van der Waals surface area contributed by atoms with Crippen LogP contribution in [-0.4, -0.2) is 17.9 Å². The third kappa shape index (κ3) is 6.66. The van der Waals surface area contributed by atoms with Gasteiger partial charge in [0.2, 0.25) is 0 Å². The zero-order chi connectivity index (χ0) is 11.6. The molecule has 0 saturated carbocycles. The lowest BCUT2D eigenvalue weighted by atomic mass is 10.6. The van der Waals surface area contributed by atoms with E-state index in [1.165, 1.54) is 6.92 Å². The van der Waals surface area contributed by atoms with Gasteiger partial charge >= 0.3 is 0 Å². The van der Waals surface area contributed by atoms with Gasteiger partial charge in [-0.1, -0.05) is 28.5 Å². The lowest BCUT2D eigenvalue weighted by Crippen LogP contribution is -1.99. The highest BCUT2D eigenvalue weighted by molar-refractivity contribution is 8.76. The van der Waals surface area contributed by atoms with Gasteiger partial charge in [0.1, 0.15) is 0 Å². The van der Waals surface area contributed by atoms with Crippen molar-refractivity contribution in [2.24, 2.45) is 5.73 Å². The molecule has 8 heavy (non-hydrogen) atoms. The molecular formula is C5H13NS2. The molecule has 0 bridgehead atoms. The second kappa shape index (κ2) is 7.66. The van der Waals surface area contributed by atoms with Crippen molar-refractivity contribution >= 4 is 21.6 Å². The number of hydrogen-bond donors (Lipinski definition) is 1. The van der Waals surface area contributed by atoms with Crippen LogP contribution in [0.4, 0.5) is 0 Å². The lowest BCUT2D eigenvalue weighted by Gasteiger charge is -1.93. The molecular weight excluding hydrogens is 138 g/mol. The largest absolute Gasteiger partial charge is 0.330 e. The fourth-order valence-electron chi connectivity index (χ4n) is 0.131. The van der Waals surface area contributed by atoms with Crippen LogP contribution in [0.5, 0.6) is 0 Å². The van der Waals surface area contributed by atoms with Crippen molar-refractivity contribution in [3.05, 3.63) is 0 Å². The number of hydrogen-bond acceptors (Lipinski definition) is 3. The van der Waals surface area contributed by atoms with Gasteiger partial charge in [0.05, 0.1) is 0 Å². The first-order valence-corrected chi connectivity index (χ1v) is 4.27. The summed E-state index contributed by atoms with van der Waals surface area (Å²) in [7, 11) is 1.38. The summed E-state index contributed by atoms with van der Waals surface area (Å²) in [5, 5.41) is 0. The Morgan fingerprint density at radius 2 is 2.38 bits per heavy atom. The monoisotopic (exact) mass is 157 g/mol. The molecule has 0 aromatic carbocycles. The highest BCUT2D eigenvalue weighted by Crippen LogP contribution is 2.20. The molecule has 0 heterocycles. The molecule has 0 spiro atoms. The minimum Gasteiger partial charge on any atom is -0.330 e. The summed E-state index contributed by atoms with van der Waals surface area (Å²) in [5.74, 6) is 0. The van der Waals surface area contributed by atoms with Crippen molar-refractivity contribution in [3.8, 4) is 0 Å². The first-order valence-electron chi connectivity index (χ1n) is 5.21. The molecule has 0 aromatic heterocycles. The highest BCUT2D eigenvalue weighted by Gasteiger charge is 1.83. The van der Waals surface area contributed by atoms with Crippen molar-refractivity contribution in [3.63, 3.8) is 0 Å². The van der Waals surface area contributed by atoms with Crippen molar-refractivity contribution in [1.82, 2.24) is 0 Å². The maximum atomic E-state index is 7.34. The van der Waals surface area contributed by atoms with Crippen LogP contribution < -0.4 is 5.73 Å². The molecule has 0 amide bonds. The summed E-state index contributed by atoms with van der Waals surface area (Å²) >= 11 is 0. The van der Waals surface area contributed by atoms with E-state index in [1.807, 2.05) is 0 Å². The Hall–Kier alpha value is 0.660. The predicted molar refractivity (Wildman–Crippen MR) is 44.3 cm³/mol. The summed E-state index contributed by atoms with van der Waals surface area (Å²) in [6.45, 7) is -0.923. The fourth-order valence-corrected chi connectivity index (χ4v) is 1.18.